The number of anilines is 2. The zero-order valence-electron chi connectivity index (χ0n) is 10.1. The van der Waals surface area contributed by atoms with Gasteiger partial charge in [-0.15, -0.1) is 0 Å². The molecule has 0 fully saturated rings. The lowest BCUT2D eigenvalue weighted by atomic mass is 10.3. The summed E-state index contributed by atoms with van der Waals surface area (Å²) in [6.45, 7) is 3.70. The zero-order chi connectivity index (χ0) is 13.0. The molecule has 0 bridgehead atoms. The van der Waals surface area contributed by atoms with E-state index in [1.807, 2.05) is 13.8 Å². The summed E-state index contributed by atoms with van der Waals surface area (Å²) in [5.74, 6) is -0.841. The van der Waals surface area contributed by atoms with Crippen LogP contribution in [0.25, 0.3) is 0 Å². The fourth-order valence-corrected chi connectivity index (χ4v) is 1.30. The molecule has 0 unspecified atom stereocenters. The van der Waals surface area contributed by atoms with Gasteiger partial charge < -0.3 is 16.0 Å². The third-order valence-corrected chi connectivity index (χ3v) is 1.94. The van der Waals surface area contributed by atoms with E-state index in [0.29, 0.717) is 0 Å². The van der Waals surface area contributed by atoms with E-state index in [2.05, 4.69) is 15.3 Å². The molecular formula is C10H16FN5O. The summed E-state index contributed by atoms with van der Waals surface area (Å²) in [5, 5.41) is 2.70. The number of rotatable bonds is 4. The van der Waals surface area contributed by atoms with Gasteiger partial charge in [0.05, 0.1) is 12.7 Å². The first kappa shape index (κ1) is 13.1. The Morgan fingerprint density at radius 2 is 2.29 bits per heavy atom. The average molecular weight is 241 g/mol. The number of nitrogens with two attached hydrogens (primary N) is 1. The fourth-order valence-electron chi connectivity index (χ4n) is 1.30. The highest BCUT2D eigenvalue weighted by Crippen LogP contribution is 2.14. The lowest BCUT2D eigenvalue weighted by Crippen LogP contribution is -2.39. The van der Waals surface area contributed by atoms with Gasteiger partial charge >= 0.3 is 0 Å². The third kappa shape index (κ3) is 3.86. The topological polar surface area (TPSA) is 84.1 Å². The molecule has 0 saturated carbocycles. The summed E-state index contributed by atoms with van der Waals surface area (Å²) in [4.78, 5) is 20.1. The van der Waals surface area contributed by atoms with Crippen molar-refractivity contribution in [1.29, 1.82) is 0 Å². The van der Waals surface area contributed by atoms with Gasteiger partial charge in [-0.25, -0.2) is 9.37 Å². The molecule has 1 rings (SSSR count). The molecule has 0 aliphatic rings. The number of nitrogens with one attached hydrogen (secondary N) is 1. The number of hydrogen-bond acceptors (Lipinski definition) is 5. The van der Waals surface area contributed by atoms with Crippen molar-refractivity contribution in [2.45, 2.75) is 19.9 Å². The molecule has 17 heavy (non-hydrogen) atoms. The molecule has 1 aromatic heterocycles. The maximum Gasteiger partial charge on any atom is 0.239 e. The molecular weight excluding hydrogens is 225 g/mol. The highest BCUT2D eigenvalue weighted by molar-refractivity contribution is 5.81. The summed E-state index contributed by atoms with van der Waals surface area (Å²) < 4.78 is 13.4. The summed E-state index contributed by atoms with van der Waals surface area (Å²) in [6.07, 6.45) is 0.981. The Bertz CT molecular complexity index is 410. The van der Waals surface area contributed by atoms with Gasteiger partial charge in [-0.2, -0.15) is 4.98 Å². The zero-order valence-corrected chi connectivity index (χ0v) is 10.1. The molecule has 1 heterocycles. The molecule has 0 spiro atoms. The van der Waals surface area contributed by atoms with E-state index >= 15 is 0 Å². The third-order valence-electron chi connectivity index (χ3n) is 1.94. The van der Waals surface area contributed by atoms with Gasteiger partial charge in [0.2, 0.25) is 11.9 Å². The number of halogens is 1. The van der Waals surface area contributed by atoms with Gasteiger partial charge in [0.15, 0.2) is 11.6 Å². The van der Waals surface area contributed by atoms with E-state index in [9.17, 15) is 9.18 Å². The average Bonchev–Trinajstić information content (AvgIpc) is 2.20. The summed E-state index contributed by atoms with van der Waals surface area (Å²) in [7, 11) is 1.56. The Labute approximate surface area is 99.0 Å². The van der Waals surface area contributed by atoms with Crippen molar-refractivity contribution in [2.24, 2.45) is 0 Å². The maximum atomic E-state index is 13.4. The van der Waals surface area contributed by atoms with Gasteiger partial charge in [0.1, 0.15) is 0 Å². The number of likely N-dealkylation sites (N-methyl/N-ethyl adjacent to an activating group) is 1. The largest absolute Gasteiger partial charge is 0.368 e. The van der Waals surface area contributed by atoms with E-state index in [1.165, 1.54) is 4.90 Å². The van der Waals surface area contributed by atoms with Crippen LogP contribution in [0, 0.1) is 5.82 Å². The highest BCUT2D eigenvalue weighted by atomic mass is 19.1. The lowest BCUT2D eigenvalue weighted by Gasteiger charge is -2.19. The van der Waals surface area contributed by atoms with E-state index in [4.69, 9.17) is 5.73 Å². The molecule has 0 aliphatic carbocycles. The van der Waals surface area contributed by atoms with Crippen LogP contribution in [-0.4, -0.2) is 35.5 Å². The van der Waals surface area contributed by atoms with E-state index in [-0.39, 0.29) is 30.3 Å². The minimum Gasteiger partial charge on any atom is -0.368 e. The van der Waals surface area contributed by atoms with Crippen LogP contribution in [-0.2, 0) is 4.79 Å². The van der Waals surface area contributed by atoms with Gasteiger partial charge in [0, 0.05) is 13.1 Å². The minimum atomic E-state index is -0.612. The molecule has 0 aromatic carbocycles. The molecule has 3 N–H and O–H groups in total. The number of carbonyl (C=O) groups is 1. The van der Waals surface area contributed by atoms with Gasteiger partial charge in [-0.05, 0) is 13.8 Å². The Morgan fingerprint density at radius 3 is 2.88 bits per heavy atom. The molecule has 0 atom stereocenters. The number of amides is 1. The second-order valence-electron chi connectivity index (χ2n) is 3.98. The minimum absolute atomic E-state index is 0.00551. The molecule has 6 nitrogen and oxygen atoms in total. The molecule has 94 valence electrons. The number of hydrogen-bond donors (Lipinski definition) is 2. The van der Waals surface area contributed by atoms with Crippen molar-refractivity contribution in [1.82, 2.24) is 15.3 Å². The molecule has 7 heteroatoms. The Hall–Kier alpha value is -1.92. The summed E-state index contributed by atoms with van der Waals surface area (Å²) in [5.41, 5.74) is 5.36. The number of carbonyl (C=O) groups excluding carboxylic acids is 1. The first-order valence-electron chi connectivity index (χ1n) is 5.18. The van der Waals surface area contributed by atoms with Crippen LogP contribution >= 0.6 is 0 Å². The van der Waals surface area contributed by atoms with Crippen molar-refractivity contribution in [3.05, 3.63) is 12.0 Å². The maximum absolute atomic E-state index is 13.4. The second-order valence-corrected chi connectivity index (χ2v) is 3.98. The summed E-state index contributed by atoms with van der Waals surface area (Å²) >= 11 is 0. The molecule has 0 aliphatic heterocycles. The van der Waals surface area contributed by atoms with E-state index in [0.717, 1.165) is 6.20 Å². The molecule has 0 radical (unpaired) electrons. The van der Waals surface area contributed by atoms with Crippen LogP contribution in [0.2, 0.25) is 0 Å². The van der Waals surface area contributed by atoms with E-state index < -0.39 is 5.82 Å². The predicted octanol–water partition coefficient (Wildman–Crippen LogP) is 0.159. The standard InChI is InChI=1S/C10H16FN5O/c1-6(2)14-8(17)5-16(3)9-7(11)4-13-10(12)15-9/h4,6H,5H2,1-3H3,(H,14,17)(H2,12,13,15). The van der Waals surface area contributed by atoms with Crippen molar-refractivity contribution in [3.8, 4) is 0 Å². The van der Waals surface area contributed by atoms with Crippen LogP contribution in [0.1, 0.15) is 13.8 Å². The Kier molecular flexibility index (Phi) is 4.19. The second kappa shape index (κ2) is 5.42. The van der Waals surface area contributed by atoms with E-state index in [1.54, 1.807) is 7.05 Å². The quantitative estimate of drug-likeness (QED) is 0.784. The van der Waals surface area contributed by atoms with Gasteiger partial charge in [0.25, 0.3) is 0 Å². The lowest BCUT2D eigenvalue weighted by molar-refractivity contribution is -0.120. The van der Waals surface area contributed by atoms with Crippen LogP contribution in [0.3, 0.4) is 0 Å². The van der Waals surface area contributed by atoms with Gasteiger partial charge in [-0.1, -0.05) is 0 Å². The van der Waals surface area contributed by atoms with Crippen LogP contribution in [0.5, 0.6) is 0 Å². The van der Waals surface area contributed by atoms with Crippen LogP contribution in [0.4, 0.5) is 16.2 Å². The predicted molar refractivity (Wildman–Crippen MR) is 63.0 cm³/mol. The summed E-state index contributed by atoms with van der Waals surface area (Å²) in [6, 6.07) is 0.0382. The number of nitrogens with zero attached hydrogens (tertiary/aromatic N) is 3. The number of aromatic nitrogens is 2. The normalized spacial score (nSPS) is 10.4. The van der Waals surface area contributed by atoms with Crippen LogP contribution < -0.4 is 16.0 Å². The monoisotopic (exact) mass is 241 g/mol. The molecule has 0 saturated heterocycles. The van der Waals surface area contributed by atoms with Crippen molar-refractivity contribution < 1.29 is 9.18 Å². The molecule has 1 aromatic rings. The Balaban J connectivity index is 2.72. The first-order chi connectivity index (χ1) is 7.90. The van der Waals surface area contributed by atoms with Gasteiger partial charge in [-0.3, -0.25) is 4.79 Å². The highest BCUT2D eigenvalue weighted by Gasteiger charge is 2.14. The Morgan fingerprint density at radius 1 is 1.65 bits per heavy atom. The smallest absolute Gasteiger partial charge is 0.239 e. The van der Waals surface area contributed by atoms with Crippen molar-refractivity contribution in [2.75, 3.05) is 24.2 Å². The number of nitrogen functional groups attached to an aromatic ring is 1. The van der Waals surface area contributed by atoms with Crippen LogP contribution in [0.15, 0.2) is 6.20 Å². The first-order valence-corrected chi connectivity index (χ1v) is 5.18. The SMILES string of the molecule is CC(C)NC(=O)CN(C)c1nc(N)ncc1F. The van der Waals surface area contributed by atoms with Crippen molar-refractivity contribution in [3.63, 3.8) is 0 Å². The fraction of sp³-hybridized carbons (Fsp3) is 0.500. The molecule has 1 amide bonds. The van der Waals surface area contributed by atoms with Crippen molar-refractivity contribution >= 4 is 17.7 Å².